The van der Waals surface area contributed by atoms with Gasteiger partial charge in [0.1, 0.15) is 6.04 Å². The topological polar surface area (TPSA) is 133 Å². The molecular weight excluding hydrogens is 256 g/mol. The van der Waals surface area contributed by atoms with Gasteiger partial charge in [-0.05, 0) is 19.3 Å². The van der Waals surface area contributed by atoms with Crippen LogP contribution >= 0.6 is 0 Å². The number of carbonyl (C=O) groups is 4. The molecule has 8 heteroatoms. The Morgan fingerprint density at radius 2 is 1.79 bits per heavy atom. The monoisotopic (exact) mass is 272 g/mol. The number of rotatable bonds is 8. The molecule has 1 rings (SSSR count). The molecule has 0 spiro atoms. The van der Waals surface area contributed by atoms with Crippen molar-refractivity contribution in [2.75, 3.05) is 6.54 Å². The Morgan fingerprint density at radius 1 is 1.16 bits per heavy atom. The number of aliphatic carboxylic acids is 2. The number of carboxylic acid groups (broad SMARTS) is 2. The molecule has 0 aromatic heterocycles. The summed E-state index contributed by atoms with van der Waals surface area (Å²) in [6.45, 7) is -0.299. The van der Waals surface area contributed by atoms with E-state index in [0.717, 1.165) is 12.8 Å². The molecule has 0 aromatic rings. The van der Waals surface area contributed by atoms with Gasteiger partial charge >= 0.3 is 11.9 Å². The first kappa shape index (κ1) is 14.9. The lowest BCUT2D eigenvalue weighted by Crippen LogP contribution is -2.45. The number of amides is 2. The molecule has 0 aromatic carbocycles. The van der Waals surface area contributed by atoms with Crippen molar-refractivity contribution in [3.63, 3.8) is 0 Å². The van der Waals surface area contributed by atoms with Crippen LogP contribution in [0, 0.1) is 5.92 Å². The molecule has 1 aliphatic rings. The van der Waals surface area contributed by atoms with E-state index in [1.807, 2.05) is 0 Å². The van der Waals surface area contributed by atoms with E-state index in [1.54, 1.807) is 0 Å². The molecule has 106 valence electrons. The summed E-state index contributed by atoms with van der Waals surface area (Å²) in [7, 11) is 0. The Kier molecular flexibility index (Phi) is 5.28. The van der Waals surface area contributed by atoms with E-state index in [1.165, 1.54) is 0 Å². The average Bonchev–Trinajstić information content (AvgIpc) is 3.14. The number of hydrogen-bond donors (Lipinski definition) is 4. The van der Waals surface area contributed by atoms with Crippen LogP contribution < -0.4 is 10.6 Å². The third-order valence-corrected chi connectivity index (χ3v) is 2.65. The third-order valence-electron chi connectivity index (χ3n) is 2.65. The fraction of sp³-hybridized carbons (Fsp3) is 0.636. The molecule has 4 N–H and O–H groups in total. The Morgan fingerprint density at radius 3 is 2.26 bits per heavy atom. The van der Waals surface area contributed by atoms with Crippen molar-refractivity contribution in [1.29, 1.82) is 0 Å². The number of carboxylic acids is 2. The Labute approximate surface area is 109 Å². The molecule has 0 aliphatic heterocycles. The highest BCUT2D eigenvalue weighted by molar-refractivity contribution is 5.89. The molecule has 0 saturated heterocycles. The predicted molar refractivity (Wildman–Crippen MR) is 62.2 cm³/mol. The lowest BCUT2D eigenvalue weighted by atomic mass is 10.1. The highest BCUT2D eigenvalue weighted by atomic mass is 16.4. The van der Waals surface area contributed by atoms with E-state index < -0.39 is 23.9 Å². The smallest absolute Gasteiger partial charge is 0.326 e. The van der Waals surface area contributed by atoms with Crippen molar-refractivity contribution in [1.82, 2.24) is 10.6 Å². The Hall–Kier alpha value is -2.12. The molecule has 8 nitrogen and oxygen atoms in total. The van der Waals surface area contributed by atoms with Gasteiger partial charge in [0, 0.05) is 12.3 Å². The van der Waals surface area contributed by atoms with Crippen molar-refractivity contribution >= 4 is 23.8 Å². The first-order valence-electron chi connectivity index (χ1n) is 5.92. The van der Waals surface area contributed by atoms with Crippen LogP contribution in [0.15, 0.2) is 0 Å². The number of carbonyl (C=O) groups excluding carboxylic acids is 2. The van der Waals surface area contributed by atoms with Gasteiger partial charge < -0.3 is 20.8 Å². The molecule has 1 saturated carbocycles. The normalized spacial score (nSPS) is 15.4. The summed E-state index contributed by atoms with van der Waals surface area (Å²) in [6, 6.07) is -1.26. The van der Waals surface area contributed by atoms with Crippen LogP contribution in [0.3, 0.4) is 0 Å². The Balaban J connectivity index is 2.31. The fourth-order valence-electron chi connectivity index (χ4n) is 1.43. The van der Waals surface area contributed by atoms with Gasteiger partial charge in [0.05, 0.1) is 6.54 Å². The summed E-state index contributed by atoms with van der Waals surface area (Å²) < 4.78 is 0. The maximum absolute atomic E-state index is 11.4. The molecule has 19 heavy (non-hydrogen) atoms. The highest BCUT2D eigenvalue weighted by Crippen LogP contribution is 2.28. The summed E-state index contributed by atoms with van der Waals surface area (Å²) >= 11 is 0. The number of hydrogen-bond acceptors (Lipinski definition) is 4. The van der Waals surface area contributed by atoms with Gasteiger partial charge in [0.2, 0.25) is 11.8 Å². The number of nitrogens with one attached hydrogen (secondary N) is 2. The summed E-state index contributed by atoms with van der Waals surface area (Å²) in [5.74, 6) is -3.33. The second-order valence-corrected chi connectivity index (χ2v) is 4.38. The minimum atomic E-state index is -1.30. The summed E-state index contributed by atoms with van der Waals surface area (Å²) in [6.07, 6.45) is 1.06. The van der Waals surface area contributed by atoms with Gasteiger partial charge in [-0.1, -0.05) is 0 Å². The second kappa shape index (κ2) is 6.72. The van der Waals surface area contributed by atoms with Crippen molar-refractivity contribution in [3.8, 4) is 0 Å². The summed E-state index contributed by atoms with van der Waals surface area (Å²) in [5.41, 5.74) is 0. The fourth-order valence-corrected chi connectivity index (χ4v) is 1.43. The van der Waals surface area contributed by atoms with Crippen molar-refractivity contribution in [2.45, 2.75) is 31.7 Å². The summed E-state index contributed by atoms with van der Waals surface area (Å²) in [4.78, 5) is 43.8. The molecule has 1 aliphatic carbocycles. The van der Waals surface area contributed by atoms with Crippen molar-refractivity contribution in [2.24, 2.45) is 5.92 Å². The van der Waals surface area contributed by atoms with Gasteiger partial charge in [-0.25, -0.2) is 4.79 Å². The van der Waals surface area contributed by atoms with Gasteiger partial charge in [-0.15, -0.1) is 0 Å². The Bertz CT molecular complexity index is 391. The molecule has 2 amide bonds. The van der Waals surface area contributed by atoms with Crippen LogP contribution in [0.2, 0.25) is 0 Å². The maximum Gasteiger partial charge on any atom is 0.326 e. The van der Waals surface area contributed by atoms with Gasteiger partial charge in [0.25, 0.3) is 0 Å². The zero-order chi connectivity index (χ0) is 14.4. The van der Waals surface area contributed by atoms with Crippen LogP contribution in [0.4, 0.5) is 0 Å². The average molecular weight is 272 g/mol. The molecule has 1 fully saturated rings. The first-order chi connectivity index (χ1) is 8.90. The lowest BCUT2D eigenvalue weighted by molar-refractivity contribution is -0.142. The minimum Gasteiger partial charge on any atom is -0.481 e. The van der Waals surface area contributed by atoms with Gasteiger partial charge in [-0.2, -0.15) is 0 Å². The second-order valence-electron chi connectivity index (χ2n) is 4.38. The molecule has 0 bridgehead atoms. The van der Waals surface area contributed by atoms with Crippen molar-refractivity contribution in [3.05, 3.63) is 0 Å². The van der Waals surface area contributed by atoms with E-state index in [-0.39, 0.29) is 31.2 Å². The molecule has 1 atom stereocenters. The first-order valence-corrected chi connectivity index (χ1v) is 5.92. The van der Waals surface area contributed by atoms with Crippen LogP contribution in [-0.2, 0) is 19.2 Å². The zero-order valence-electron chi connectivity index (χ0n) is 10.2. The van der Waals surface area contributed by atoms with E-state index in [4.69, 9.17) is 10.2 Å². The molecular formula is C11H16N2O6. The van der Waals surface area contributed by atoms with E-state index in [9.17, 15) is 19.2 Å². The van der Waals surface area contributed by atoms with E-state index >= 15 is 0 Å². The standard InChI is InChI=1S/C11H16N2O6/c14-8(5-12-10(17)6-1-2-6)13-7(11(18)19)3-4-9(15)16/h6-7H,1-5H2,(H,12,17)(H,13,14)(H,15,16)(H,18,19)/t7-/m1/s1. The minimum absolute atomic E-state index is 0.0323. The van der Waals surface area contributed by atoms with Crippen LogP contribution in [-0.4, -0.2) is 46.6 Å². The van der Waals surface area contributed by atoms with E-state index in [0.29, 0.717) is 0 Å². The summed E-state index contributed by atoms with van der Waals surface area (Å²) in [5, 5.41) is 21.8. The predicted octanol–water partition coefficient (Wildman–Crippen LogP) is -1.05. The van der Waals surface area contributed by atoms with Gasteiger partial charge in [0.15, 0.2) is 0 Å². The maximum atomic E-state index is 11.4. The van der Waals surface area contributed by atoms with Crippen molar-refractivity contribution < 1.29 is 29.4 Å². The largest absolute Gasteiger partial charge is 0.481 e. The quantitative estimate of drug-likeness (QED) is 0.445. The third kappa shape index (κ3) is 5.84. The van der Waals surface area contributed by atoms with Crippen LogP contribution in [0.5, 0.6) is 0 Å². The SMILES string of the molecule is O=C(O)CC[C@@H](NC(=O)CNC(=O)C1CC1)C(=O)O. The molecule has 0 radical (unpaired) electrons. The lowest BCUT2D eigenvalue weighted by Gasteiger charge is -2.13. The highest BCUT2D eigenvalue weighted by Gasteiger charge is 2.30. The van der Waals surface area contributed by atoms with Crippen LogP contribution in [0.1, 0.15) is 25.7 Å². The zero-order valence-corrected chi connectivity index (χ0v) is 10.2. The molecule has 0 unspecified atom stereocenters. The van der Waals surface area contributed by atoms with Gasteiger partial charge in [-0.3, -0.25) is 14.4 Å². The van der Waals surface area contributed by atoms with Crippen LogP contribution in [0.25, 0.3) is 0 Å². The molecule has 0 heterocycles. The van der Waals surface area contributed by atoms with E-state index in [2.05, 4.69) is 10.6 Å².